The first kappa shape index (κ1) is 11.6. The molecule has 0 saturated carbocycles. The number of aromatic amines is 1. The minimum absolute atomic E-state index is 0.0686. The third-order valence-corrected chi connectivity index (χ3v) is 1.94. The highest BCUT2D eigenvalue weighted by molar-refractivity contribution is 5.96. The Kier molecular flexibility index (Phi) is 3.02. The summed E-state index contributed by atoms with van der Waals surface area (Å²) in [6.07, 6.45) is 1.44. The van der Waals surface area contributed by atoms with Crippen molar-refractivity contribution in [3.05, 3.63) is 11.9 Å². The van der Waals surface area contributed by atoms with Gasteiger partial charge in [-0.2, -0.15) is 5.10 Å². The van der Waals surface area contributed by atoms with Crippen LogP contribution >= 0.6 is 0 Å². The quantitative estimate of drug-likeness (QED) is 0.767. The fourth-order valence-corrected chi connectivity index (χ4v) is 1.44. The maximum absolute atomic E-state index is 11.9. The third-order valence-electron chi connectivity index (χ3n) is 1.94. The van der Waals surface area contributed by atoms with Gasteiger partial charge in [0.15, 0.2) is 0 Å². The number of nitrogen functional groups attached to an aromatic ring is 1. The van der Waals surface area contributed by atoms with E-state index in [0.29, 0.717) is 17.9 Å². The molecule has 5 heteroatoms. The van der Waals surface area contributed by atoms with Crippen LogP contribution in [0.2, 0.25) is 0 Å². The van der Waals surface area contributed by atoms with E-state index in [0.717, 1.165) is 0 Å². The summed E-state index contributed by atoms with van der Waals surface area (Å²) in [6.45, 7) is 6.90. The Morgan fingerprint density at radius 1 is 1.60 bits per heavy atom. The highest BCUT2D eigenvalue weighted by Crippen LogP contribution is 2.16. The minimum atomic E-state index is -0.125. The van der Waals surface area contributed by atoms with Crippen molar-refractivity contribution in [1.82, 2.24) is 15.1 Å². The van der Waals surface area contributed by atoms with Gasteiger partial charge in [-0.15, -0.1) is 0 Å². The van der Waals surface area contributed by atoms with E-state index in [9.17, 15) is 4.79 Å². The van der Waals surface area contributed by atoms with Crippen molar-refractivity contribution in [1.29, 1.82) is 0 Å². The molecular weight excluding hydrogens is 192 g/mol. The predicted octanol–water partition coefficient (Wildman–Crippen LogP) is 1.11. The SMILES string of the molecule is CN(CC(C)(C)C)C(=O)c1[nH]ncc1N. The van der Waals surface area contributed by atoms with E-state index in [2.05, 4.69) is 31.0 Å². The smallest absolute Gasteiger partial charge is 0.273 e. The van der Waals surface area contributed by atoms with Gasteiger partial charge in [0, 0.05) is 13.6 Å². The van der Waals surface area contributed by atoms with Crippen LogP contribution in [0.3, 0.4) is 0 Å². The van der Waals surface area contributed by atoms with Crippen LogP contribution in [0.25, 0.3) is 0 Å². The molecule has 0 bridgehead atoms. The second kappa shape index (κ2) is 3.92. The predicted molar refractivity (Wildman–Crippen MR) is 59.4 cm³/mol. The zero-order valence-corrected chi connectivity index (χ0v) is 9.66. The number of nitrogens with two attached hydrogens (primary N) is 1. The average Bonchev–Trinajstić information content (AvgIpc) is 2.47. The molecule has 0 aliphatic heterocycles. The molecule has 3 N–H and O–H groups in total. The molecule has 84 valence electrons. The summed E-state index contributed by atoms with van der Waals surface area (Å²) in [4.78, 5) is 13.5. The van der Waals surface area contributed by atoms with E-state index in [4.69, 9.17) is 5.73 Å². The molecule has 1 rings (SSSR count). The highest BCUT2D eigenvalue weighted by atomic mass is 16.2. The number of nitrogens with zero attached hydrogens (tertiary/aromatic N) is 2. The lowest BCUT2D eigenvalue weighted by atomic mass is 9.96. The minimum Gasteiger partial charge on any atom is -0.396 e. The van der Waals surface area contributed by atoms with Gasteiger partial charge < -0.3 is 10.6 Å². The van der Waals surface area contributed by atoms with Crippen molar-refractivity contribution >= 4 is 11.6 Å². The van der Waals surface area contributed by atoms with Crippen molar-refractivity contribution in [3.8, 4) is 0 Å². The van der Waals surface area contributed by atoms with E-state index < -0.39 is 0 Å². The summed E-state index contributed by atoms with van der Waals surface area (Å²) >= 11 is 0. The average molecular weight is 210 g/mol. The van der Waals surface area contributed by atoms with Crippen LogP contribution in [0.1, 0.15) is 31.3 Å². The Labute approximate surface area is 89.6 Å². The summed E-state index contributed by atoms with van der Waals surface area (Å²) < 4.78 is 0. The van der Waals surface area contributed by atoms with E-state index in [-0.39, 0.29) is 11.3 Å². The maximum atomic E-state index is 11.9. The third kappa shape index (κ3) is 2.97. The van der Waals surface area contributed by atoms with Gasteiger partial charge in [0.25, 0.3) is 5.91 Å². The number of H-pyrrole nitrogens is 1. The fourth-order valence-electron chi connectivity index (χ4n) is 1.44. The van der Waals surface area contributed by atoms with Crippen LogP contribution in [0, 0.1) is 5.41 Å². The molecule has 1 aromatic heterocycles. The Morgan fingerprint density at radius 3 is 2.60 bits per heavy atom. The second-order valence-corrected chi connectivity index (χ2v) is 4.92. The first-order valence-electron chi connectivity index (χ1n) is 4.85. The van der Waals surface area contributed by atoms with E-state index in [1.165, 1.54) is 6.20 Å². The van der Waals surface area contributed by atoms with Gasteiger partial charge in [0.1, 0.15) is 5.69 Å². The largest absolute Gasteiger partial charge is 0.396 e. The lowest BCUT2D eigenvalue weighted by molar-refractivity contribution is 0.0741. The number of hydrogen-bond acceptors (Lipinski definition) is 3. The molecule has 1 aromatic rings. The van der Waals surface area contributed by atoms with E-state index >= 15 is 0 Å². The topological polar surface area (TPSA) is 75.0 Å². The van der Waals surface area contributed by atoms with Crippen LogP contribution < -0.4 is 5.73 Å². The van der Waals surface area contributed by atoms with Gasteiger partial charge in [-0.25, -0.2) is 0 Å². The molecule has 0 spiro atoms. The molecular formula is C10H18N4O. The normalized spacial score (nSPS) is 11.5. The zero-order valence-electron chi connectivity index (χ0n) is 9.66. The van der Waals surface area contributed by atoms with E-state index in [1.807, 2.05) is 0 Å². The summed E-state index contributed by atoms with van der Waals surface area (Å²) in [5.74, 6) is -0.125. The number of aromatic nitrogens is 2. The fraction of sp³-hybridized carbons (Fsp3) is 0.600. The molecule has 0 aromatic carbocycles. The number of anilines is 1. The number of amides is 1. The van der Waals surface area contributed by atoms with Crippen LogP contribution in [-0.2, 0) is 0 Å². The number of rotatable bonds is 2. The molecule has 0 unspecified atom stereocenters. The van der Waals surface area contributed by atoms with Gasteiger partial charge in [0.05, 0.1) is 11.9 Å². The lowest BCUT2D eigenvalue weighted by Crippen LogP contribution is -2.35. The molecule has 0 atom stereocenters. The van der Waals surface area contributed by atoms with E-state index in [1.54, 1.807) is 11.9 Å². The molecule has 1 amide bonds. The van der Waals surface area contributed by atoms with Crippen molar-refractivity contribution in [2.45, 2.75) is 20.8 Å². The molecule has 0 aliphatic carbocycles. The van der Waals surface area contributed by atoms with Crippen LogP contribution in [0.15, 0.2) is 6.20 Å². The van der Waals surface area contributed by atoms with Crippen molar-refractivity contribution in [2.24, 2.45) is 5.41 Å². The first-order valence-corrected chi connectivity index (χ1v) is 4.85. The summed E-state index contributed by atoms with van der Waals surface area (Å²) in [5, 5.41) is 6.33. The second-order valence-electron chi connectivity index (χ2n) is 4.92. The van der Waals surface area contributed by atoms with Crippen LogP contribution in [0.4, 0.5) is 5.69 Å². The standard InChI is InChI=1S/C10H18N4O/c1-10(2,3)6-14(4)9(15)8-7(11)5-12-13-8/h5H,6,11H2,1-4H3,(H,12,13). The Balaban J connectivity index is 2.74. The molecule has 0 saturated heterocycles. The van der Waals surface area contributed by atoms with Crippen LogP contribution in [0.5, 0.6) is 0 Å². The van der Waals surface area contributed by atoms with Crippen molar-refractivity contribution in [2.75, 3.05) is 19.3 Å². The summed E-state index contributed by atoms with van der Waals surface area (Å²) in [7, 11) is 1.76. The molecule has 5 nitrogen and oxygen atoms in total. The summed E-state index contributed by atoms with van der Waals surface area (Å²) in [5.41, 5.74) is 6.42. The van der Waals surface area contributed by atoms with Gasteiger partial charge in [-0.3, -0.25) is 9.89 Å². The maximum Gasteiger partial charge on any atom is 0.273 e. The van der Waals surface area contributed by atoms with Crippen LogP contribution in [-0.4, -0.2) is 34.6 Å². The number of hydrogen-bond donors (Lipinski definition) is 2. The Morgan fingerprint density at radius 2 is 2.20 bits per heavy atom. The highest BCUT2D eigenvalue weighted by Gasteiger charge is 2.21. The molecule has 15 heavy (non-hydrogen) atoms. The number of carbonyl (C=O) groups is 1. The monoisotopic (exact) mass is 210 g/mol. The first-order chi connectivity index (χ1) is 6.81. The van der Waals surface area contributed by atoms with Gasteiger partial charge in [-0.1, -0.05) is 20.8 Å². The lowest BCUT2D eigenvalue weighted by Gasteiger charge is -2.26. The van der Waals surface area contributed by atoms with Gasteiger partial charge in [-0.05, 0) is 5.41 Å². The Hall–Kier alpha value is -1.52. The zero-order chi connectivity index (χ0) is 11.6. The van der Waals surface area contributed by atoms with Crippen molar-refractivity contribution < 1.29 is 4.79 Å². The molecule has 0 radical (unpaired) electrons. The number of nitrogens with one attached hydrogen (secondary N) is 1. The van der Waals surface area contributed by atoms with Crippen molar-refractivity contribution in [3.63, 3.8) is 0 Å². The number of carbonyl (C=O) groups excluding carboxylic acids is 1. The molecule has 1 heterocycles. The molecule has 0 fully saturated rings. The molecule has 0 aliphatic rings. The summed E-state index contributed by atoms with van der Waals surface area (Å²) in [6, 6.07) is 0. The Bertz CT molecular complexity index is 351. The van der Waals surface area contributed by atoms with Gasteiger partial charge >= 0.3 is 0 Å². The van der Waals surface area contributed by atoms with Gasteiger partial charge in [0.2, 0.25) is 0 Å².